The molecule has 0 radical (unpaired) electrons. The summed E-state index contributed by atoms with van der Waals surface area (Å²) in [5.41, 5.74) is 6.83. The summed E-state index contributed by atoms with van der Waals surface area (Å²) in [6.45, 7) is 0. The Morgan fingerprint density at radius 2 is 0.895 bits per heavy atom. The molecule has 264 valence electrons. The fourth-order valence-electron chi connectivity index (χ4n) is 8.95. The van der Waals surface area contributed by atoms with E-state index in [1.54, 1.807) is 11.3 Å². The van der Waals surface area contributed by atoms with E-state index in [4.69, 9.17) is 19.4 Å². The van der Waals surface area contributed by atoms with E-state index < -0.39 is 0 Å². The van der Waals surface area contributed by atoms with Crippen LogP contribution in [-0.4, -0.2) is 15.0 Å². The third kappa shape index (κ3) is 4.57. The van der Waals surface area contributed by atoms with Gasteiger partial charge >= 0.3 is 0 Å². The Kier molecular flexibility index (Phi) is 6.45. The van der Waals surface area contributed by atoms with Crippen molar-refractivity contribution in [3.63, 3.8) is 0 Å². The van der Waals surface area contributed by atoms with Crippen LogP contribution in [0.15, 0.2) is 168 Å². The lowest BCUT2D eigenvalue weighted by atomic mass is 9.89. The lowest BCUT2D eigenvalue weighted by molar-refractivity contribution is 0.669. The first-order valence-electron chi connectivity index (χ1n) is 19.0. The van der Waals surface area contributed by atoms with Crippen LogP contribution in [0.1, 0.15) is 0 Å². The molecule has 4 heterocycles. The molecule has 0 saturated carbocycles. The summed E-state index contributed by atoms with van der Waals surface area (Å²) in [4.78, 5) is 15.6. The summed E-state index contributed by atoms with van der Waals surface area (Å²) < 4.78 is 11.4. The Hall–Kier alpha value is -6.99. The van der Waals surface area contributed by atoms with Crippen molar-refractivity contribution in [2.75, 3.05) is 0 Å². The Bertz CT molecular complexity index is 3760. The highest BCUT2D eigenvalue weighted by molar-refractivity contribution is 7.26. The van der Waals surface area contributed by atoms with E-state index in [9.17, 15) is 0 Å². The minimum atomic E-state index is 0.602. The molecular formula is C51H27N3OS2. The lowest BCUT2D eigenvalue weighted by Crippen LogP contribution is -2.00. The van der Waals surface area contributed by atoms with Gasteiger partial charge in [0.05, 0.1) is 0 Å². The van der Waals surface area contributed by atoms with E-state index in [-0.39, 0.29) is 0 Å². The predicted molar refractivity (Wildman–Crippen MR) is 241 cm³/mol. The minimum Gasteiger partial charge on any atom is -0.456 e. The van der Waals surface area contributed by atoms with Crippen molar-refractivity contribution >= 4 is 107 Å². The molecule has 6 heteroatoms. The van der Waals surface area contributed by atoms with Gasteiger partial charge in [-0.3, -0.25) is 0 Å². The van der Waals surface area contributed by atoms with Crippen molar-refractivity contribution in [3.05, 3.63) is 164 Å². The monoisotopic (exact) mass is 761 g/mol. The summed E-state index contributed by atoms with van der Waals surface area (Å²) in [6.07, 6.45) is 0. The normalized spacial score (nSPS) is 12.2. The molecule has 0 spiro atoms. The molecule has 0 aliphatic heterocycles. The van der Waals surface area contributed by atoms with Crippen molar-refractivity contribution < 1.29 is 4.42 Å². The lowest BCUT2D eigenvalue weighted by Gasteiger charge is -2.14. The number of rotatable bonds is 4. The molecule has 0 aliphatic carbocycles. The Labute approximate surface area is 333 Å². The molecule has 0 atom stereocenters. The molecule has 0 bridgehead atoms. The Morgan fingerprint density at radius 3 is 1.74 bits per heavy atom. The number of furan rings is 1. The summed E-state index contributed by atoms with van der Waals surface area (Å²) in [5.74, 6) is 1.87. The smallest absolute Gasteiger partial charge is 0.165 e. The van der Waals surface area contributed by atoms with Crippen LogP contribution < -0.4 is 0 Å². The van der Waals surface area contributed by atoms with Gasteiger partial charge in [0, 0.05) is 67.8 Å². The maximum absolute atomic E-state index is 6.31. The van der Waals surface area contributed by atoms with Crippen molar-refractivity contribution in [1.82, 2.24) is 15.0 Å². The van der Waals surface area contributed by atoms with Crippen molar-refractivity contribution in [2.24, 2.45) is 0 Å². The van der Waals surface area contributed by atoms with Gasteiger partial charge in [-0.1, -0.05) is 121 Å². The molecule has 0 aliphatic rings. The zero-order valence-electron chi connectivity index (χ0n) is 30.2. The van der Waals surface area contributed by atoms with Gasteiger partial charge in [-0.05, 0) is 75.1 Å². The number of thiophene rings is 2. The topological polar surface area (TPSA) is 51.8 Å². The second-order valence-electron chi connectivity index (χ2n) is 14.7. The number of nitrogens with zero attached hydrogens (tertiary/aromatic N) is 3. The van der Waals surface area contributed by atoms with Gasteiger partial charge < -0.3 is 4.42 Å². The standard InChI is InChI=1S/C51H27N3OS2/c1-3-17-40-32(9-1)33-26-25-30(27-41(33)55-40)50-52-49(53-51(54-50)39-16-6-14-37-34-10-2-4-18-42(34)57-48(37)39)29-23-21-28(22-24-29)31-11-5-12-35-36-13-7-19-43-46(36)47-38(45(31)35)15-8-20-44(47)56-43/h1-27H. The average molecular weight is 762 g/mol. The third-order valence-electron chi connectivity index (χ3n) is 11.5. The summed E-state index contributed by atoms with van der Waals surface area (Å²) in [6, 6.07) is 58.3. The maximum Gasteiger partial charge on any atom is 0.165 e. The average Bonchev–Trinajstić information content (AvgIpc) is 3.97. The van der Waals surface area contributed by atoms with Crippen molar-refractivity contribution in [1.29, 1.82) is 0 Å². The van der Waals surface area contributed by atoms with Gasteiger partial charge in [0.25, 0.3) is 0 Å². The summed E-state index contributed by atoms with van der Waals surface area (Å²) >= 11 is 3.66. The number of hydrogen-bond donors (Lipinski definition) is 0. The van der Waals surface area contributed by atoms with Crippen LogP contribution in [0, 0.1) is 0 Å². The molecule has 0 fully saturated rings. The molecule has 9 aromatic carbocycles. The number of para-hydroxylation sites is 1. The molecule has 0 unspecified atom stereocenters. The second kappa shape index (κ2) is 11.8. The van der Waals surface area contributed by atoms with Gasteiger partial charge in [-0.15, -0.1) is 22.7 Å². The SMILES string of the molecule is c1ccc2c(c1)oc1cc(-c3nc(-c4ccc(-c5cccc6c7cccc8sc9cccc(c56)c9c87)cc4)nc(-c4cccc5c4sc4ccccc45)n3)ccc12. The van der Waals surface area contributed by atoms with Crippen molar-refractivity contribution in [3.8, 4) is 45.3 Å². The van der Waals surface area contributed by atoms with Crippen LogP contribution in [0.2, 0.25) is 0 Å². The predicted octanol–water partition coefficient (Wildman–Crippen LogP) is 14.9. The quantitative estimate of drug-likeness (QED) is 0.168. The highest BCUT2D eigenvalue weighted by Gasteiger charge is 2.20. The highest BCUT2D eigenvalue weighted by atomic mass is 32.1. The van der Waals surface area contributed by atoms with E-state index in [1.807, 2.05) is 29.5 Å². The second-order valence-corrected chi connectivity index (χ2v) is 16.8. The van der Waals surface area contributed by atoms with E-state index in [2.05, 4.69) is 146 Å². The first-order valence-corrected chi connectivity index (χ1v) is 20.6. The molecule has 4 nitrogen and oxygen atoms in total. The van der Waals surface area contributed by atoms with Crippen LogP contribution in [0.3, 0.4) is 0 Å². The van der Waals surface area contributed by atoms with E-state index in [0.29, 0.717) is 17.5 Å². The number of hydrogen-bond acceptors (Lipinski definition) is 6. The fourth-order valence-corrected chi connectivity index (χ4v) is 11.3. The molecule has 57 heavy (non-hydrogen) atoms. The van der Waals surface area contributed by atoms with Crippen LogP contribution in [0.5, 0.6) is 0 Å². The van der Waals surface area contributed by atoms with Gasteiger partial charge in [0.15, 0.2) is 17.5 Å². The number of fused-ring (bicyclic) bond motifs is 9. The van der Waals surface area contributed by atoms with E-state index in [1.165, 1.54) is 67.5 Å². The molecule has 0 amide bonds. The Balaban J connectivity index is 0.997. The zero-order valence-corrected chi connectivity index (χ0v) is 31.8. The molecule has 0 saturated heterocycles. The zero-order chi connectivity index (χ0) is 37.2. The Morgan fingerprint density at radius 1 is 0.333 bits per heavy atom. The van der Waals surface area contributed by atoms with E-state index >= 15 is 0 Å². The summed E-state index contributed by atoms with van der Waals surface area (Å²) in [7, 11) is 0. The largest absolute Gasteiger partial charge is 0.456 e. The van der Waals surface area contributed by atoms with Gasteiger partial charge in [0.1, 0.15) is 11.2 Å². The minimum absolute atomic E-state index is 0.602. The molecule has 0 N–H and O–H groups in total. The number of benzene rings is 9. The first-order chi connectivity index (χ1) is 28.2. The first kappa shape index (κ1) is 31.2. The molecular weight excluding hydrogens is 735 g/mol. The van der Waals surface area contributed by atoms with Gasteiger partial charge in [0.2, 0.25) is 0 Å². The van der Waals surface area contributed by atoms with Crippen LogP contribution in [0.25, 0.3) is 129 Å². The fraction of sp³-hybridized carbons (Fsp3) is 0. The van der Waals surface area contributed by atoms with Crippen LogP contribution in [-0.2, 0) is 0 Å². The van der Waals surface area contributed by atoms with Crippen molar-refractivity contribution in [2.45, 2.75) is 0 Å². The molecule has 13 rings (SSSR count). The maximum atomic E-state index is 6.31. The van der Waals surface area contributed by atoms with Crippen LogP contribution >= 0.6 is 22.7 Å². The van der Waals surface area contributed by atoms with Gasteiger partial charge in [-0.2, -0.15) is 0 Å². The van der Waals surface area contributed by atoms with Gasteiger partial charge in [-0.25, -0.2) is 15.0 Å². The third-order valence-corrected chi connectivity index (χ3v) is 13.9. The molecule has 13 aromatic rings. The number of aromatic nitrogens is 3. The summed E-state index contributed by atoms with van der Waals surface area (Å²) in [5, 5.41) is 12.5. The van der Waals surface area contributed by atoms with E-state index in [0.717, 1.165) is 44.2 Å². The van der Waals surface area contributed by atoms with Crippen LogP contribution in [0.4, 0.5) is 0 Å². The highest BCUT2D eigenvalue weighted by Crippen LogP contribution is 2.47. The molecule has 4 aromatic heterocycles.